The first-order valence-corrected chi connectivity index (χ1v) is 8.59. The van der Waals surface area contributed by atoms with Crippen LogP contribution in [0.3, 0.4) is 0 Å². The van der Waals surface area contributed by atoms with Crippen LogP contribution >= 0.6 is 0 Å². The number of para-hydroxylation sites is 1. The number of ether oxygens (including phenoxy) is 1. The van der Waals surface area contributed by atoms with Crippen molar-refractivity contribution in [3.05, 3.63) is 53.6 Å². The molecule has 136 valence electrons. The van der Waals surface area contributed by atoms with E-state index in [1.165, 1.54) is 4.90 Å². The van der Waals surface area contributed by atoms with Gasteiger partial charge in [0.1, 0.15) is 11.8 Å². The predicted octanol–water partition coefficient (Wildman–Crippen LogP) is 2.77. The van der Waals surface area contributed by atoms with Gasteiger partial charge in [0.2, 0.25) is 5.91 Å². The van der Waals surface area contributed by atoms with E-state index in [-0.39, 0.29) is 24.5 Å². The molecule has 1 aliphatic rings. The molecule has 0 bridgehead atoms. The molecule has 0 fully saturated rings. The van der Waals surface area contributed by atoms with E-state index in [2.05, 4.69) is 5.32 Å². The number of aryl methyl sites for hydroxylation is 1. The lowest BCUT2D eigenvalue weighted by atomic mass is 10.1. The third-order valence-corrected chi connectivity index (χ3v) is 4.56. The average Bonchev–Trinajstić information content (AvgIpc) is 2.62. The molecule has 2 atom stereocenters. The maximum atomic E-state index is 12.8. The number of hydrogen-bond donors (Lipinski definition) is 2. The summed E-state index contributed by atoms with van der Waals surface area (Å²) in [4.78, 5) is 26.7. The van der Waals surface area contributed by atoms with Crippen molar-refractivity contribution in [1.82, 2.24) is 0 Å². The minimum absolute atomic E-state index is 0.0908. The highest BCUT2D eigenvalue weighted by Crippen LogP contribution is 2.35. The van der Waals surface area contributed by atoms with Crippen molar-refractivity contribution in [2.45, 2.75) is 32.9 Å². The molecule has 3 N–H and O–H groups in total. The summed E-state index contributed by atoms with van der Waals surface area (Å²) in [5, 5.41) is 2.90. The Labute approximate surface area is 152 Å². The highest BCUT2D eigenvalue weighted by atomic mass is 16.5. The summed E-state index contributed by atoms with van der Waals surface area (Å²) in [6, 6.07) is 12.1. The second kappa shape index (κ2) is 7.17. The van der Waals surface area contributed by atoms with Gasteiger partial charge in [-0.05, 0) is 50.1 Å². The topological polar surface area (TPSA) is 84.7 Å². The molecule has 0 radical (unpaired) electrons. The van der Waals surface area contributed by atoms with E-state index < -0.39 is 6.04 Å². The summed E-state index contributed by atoms with van der Waals surface area (Å²) < 4.78 is 5.50. The van der Waals surface area contributed by atoms with Crippen molar-refractivity contribution in [1.29, 1.82) is 0 Å². The summed E-state index contributed by atoms with van der Waals surface area (Å²) in [5.41, 5.74) is 9.09. The molecular formula is C20H23N3O3. The van der Waals surface area contributed by atoms with Crippen molar-refractivity contribution >= 4 is 23.2 Å². The Morgan fingerprint density at radius 1 is 1.23 bits per heavy atom. The van der Waals surface area contributed by atoms with Crippen LogP contribution in [0.25, 0.3) is 0 Å². The lowest BCUT2D eigenvalue weighted by molar-refractivity contribution is -0.125. The van der Waals surface area contributed by atoms with Gasteiger partial charge in [0.15, 0.2) is 6.61 Å². The predicted molar refractivity (Wildman–Crippen MR) is 101 cm³/mol. The summed E-state index contributed by atoms with van der Waals surface area (Å²) in [5.74, 6) is 0.0583. The summed E-state index contributed by atoms with van der Waals surface area (Å²) in [6.07, 6.45) is 0. The highest BCUT2D eigenvalue weighted by Gasteiger charge is 2.33. The van der Waals surface area contributed by atoms with Crippen LogP contribution in [0.4, 0.5) is 11.4 Å². The normalized spacial score (nSPS) is 15.7. The Hall–Kier alpha value is -2.86. The van der Waals surface area contributed by atoms with Crippen molar-refractivity contribution in [2.24, 2.45) is 5.73 Å². The van der Waals surface area contributed by atoms with Gasteiger partial charge in [0.05, 0.1) is 5.69 Å². The van der Waals surface area contributed by atoms with Gasteiger partial charge in [-0.1, -0.05) is 24.3 Å². The zero-order valence-electron chi connectivity index (χ0n) is 15.2. The molecule has 1 heterocycles. The number of hydrogen-bond acceptors (Lipinski definition) is 4. The van der Waals surface area contributed by atoms with Gasteiger partial charge in [-0.25, -0.2) is 0 Å². The van der Waals surface area contributed by atoms with Crippen LogP contribution in [0.2, 0.25) is 0 Å². The fourth-order valence-electron chi connectivity index (χ4n) is 2.96. The lowest BCUT2D eigenvalue weighted by Crippen LogP contribution is -2.49. The van der Waals surface area contributed by atoms with Gasteiger partial charge in [-0.3, -0.25) is 14.5 Å². The highest BCUT2D eigenvalue weighted by molar-refractivity contribution is 6.07. The average molecular weight is 353 g/mol. The standard InChI is InChI=1S/C20H23N3O3/c1-12-6-4-5-7-16(12)22-20(25)14(3)23-17-10-15(13(2)21)8-9-18(17)26-11-19(23)24/h4-10,13-14H,11,21H2,1-3H3,(H,22,25). The number of fused-ring (bicyclic) bond motifs is 1. The molecule has 26 heavy (non-hydrogen) atoms. The van der Waals surface area contributed by atoms with Crippen LogP contribution < -0.4 is 20.7 Å². The number of nitrogens with two attached hydrogens (primary N) is 1. The van der Waals surface area contributed by atoms with Crippen LogP contribution in [0.5, 0.6) is 5.75 Å². The van der Waals surface area contributed by atoms with Crippen molar-refractivity contribution in [3.8, 4) is 5.75 Å². The molecule has 2 amide bonds. The van der Waals surface area contributed by atoms with Gasteiger partial charge >= 0.3 is 0 Å². The van der Waals surface area contributed by atoms with Gasteiger partial charge in [-0.2, -0.15) is 0 Å². The van der Waals surface area contributed by atoms with E-state index in [9.17, 15) is 9.59 Å². The molecule has 2 unspecified atom stereocenters. The quantitative estimate of drug-likeness (QED) is 0.885. The molecule has 2 aromatic carbocycles. The SMILES string of the molecule is Cc1ccccc1NC(=O)C(C)N1C(=O)COc2ccc(C(C)N)cc21. The van der Waals surface area contributed by atoms with Crippen LogP contribution in [-0.2, 0) is 9.59 Å². The summed E-state index contributed by atoms with van der Waals surface area (Å²) in [7, 11) is 0. The Morgan fingerprint density at radius 3 is 2.65 bits per heavy atom. The first-order chi connectivity index (χ1) is 12.4. The van der Waals surface area contributed by atoms with Gasteiger partial charge in [0.25, 0.3) is 5.91 Å². The van der Waals surface area contributed by atoms with Gasteiger partial charge < -0.3 is 15.8 Å². The van der Waals surface area contributed by atoms with E-state index in [1.807, 2.05) is 50.2 Å². The maximum Gasteiger partial charge on any atom is 0.265 e. The number of amides is 2. The monoisotopic (exact) mass is 353 g/mol. The molecule has 2 aromatic rings. The fourth-order valence-corrected chi connectivity index (χ4v) is 2.96. The Bertz CT molecular complexity index is 848. The zero-order valence-corrected chi connectivity index (χ0v) is 15.2. The van der Waals surface area contributed by atoms with Crippen molar-refractivity contribution in [2.75, 3.05) is 16.8 Å². The smallest absolute Gasteiger partial charge is 0.265 e. The van der Waals surface area contributed by atoms with Crippen molar-refractivity contribution < 1.29 is 14.3 Å². The summed E-state index contributed by atoms with van der Waals surface area (Å²) >= 11 is 0. The Morgan fingerprint density at radius 2 is 1.96 bits per heavy atom. The second-order valence-corrected chi connectivity index (χ2v) is 6.55. The van der Waals surface area contributed by atoms with Crippen molar-refractivity contribution in [3.63, 3.8) is 0 Å². The second-order valence-electron chi connectivity index (χ2n) is 6.55. The zero-order chi connectivity index (χ0) is 18.8. The lowest BCUT2D eigenvalue weighted by Gasteiger charge is -2.34. The molecule has 6 nitrogen and oxygen atoms in total. The van der Waals surface area contributed by atoms with Crippen LogP contribution in [0.15, 0.2) is 42.5 Å². The Balaban J connectivity index is 1.90. The minimum atomic E-state index is -0.687. The molecule has 3 rings (SSSR count). The Kier molecular flexibility index (Phi) is 4.95. The van der Waals surface area contributed by atoms with E-state index >= 15 is 0 Å². The van der Waals surface area contributed by atoms with Gasteiger partial charge in [-0.15, -0.1) is 0 Å². The number of benzene rings is 2. The molecule has 6 heteroatoms. The van der Waals surface area contributed by atoms with E-state index in [0.29, 0.717) is 11.4 Å². The molecule has 0 aromatic heterocycles. The molecule has 0 aliphatic carbocycles. The van der Waals surface area contributed by atoms with E-state index in [1.54, 1.807) is 13.0 Å². The molecule has 0 saturated carbocycles. The molecule has 0 spiro atoms. The number of carbonyl (C=O) groups excluding carboxylic acids is 2. The number of nitrogens with zero attached hydrogens (tertiary/aromatic N) is 1. The molecule has 1 aliphatic heterocycles. The summed E-state index contributed by atoms with van der Waals surface area (Å²) in [6.45, 7) is 5.40. The third kappa shape index (κ3) is 3.41. The van der Waals surface area contributed by atoms with Crippen LogP contribution in [0, 0.1) is 6.92 Å². The maximum absolute atomic E-state index is 12.8. The first-order valence-electron chi connectivity index (χ1n) is 8.59. The van der Waals surface area contributed by atoms with E-state index in [0.717, 1.165) is 16.8 Å². The number of nitrogens with one attached hydrogen (secondary N) is 1. The van der Waals surface area contributed by atoms with E-state index in [4.69, 9.17) is 10.5 Å². The largest absolute Gasteiger partial charge is 0.482 e. The number of carbonyl (C=O) groups is 2. The molecule has 0 saturated heterocycles. The number of anilines is 2. The number of rotatable bonds is 4. The van der Waals surface area contributed by atoms with Crippen LogP contribution in [0.1, 0.15) is 31.0 Å². The van der Waals surface area contributed by atoms with Crippen LogP contribution in [-0.4, -0.2) is 24.5 Å². The minimum Gasteiger partial charge on any atom is -0.482 e. The van der Waals surface area contributed by atoms with Gasteiger partial charge in [0, 0.05) is 11.7 Å². The fraction of sp³-hybridized carbons (Fsp3) is 0.300. The first kappa shape index (κ1) is 17.9. The third-order valence-electron chi connectivity index (χ3n) is 4.56. The molecular weight excluding hydrogens is 330 g/mol.